The molecule has 198 valence electrons. The number of sulfonamides is 1. The van der Waals surface area contributed by atoms with Crippen molar-refractivity contribution in [3.8, 4) is 0 Å². The lowest BCUT2D eigenvalue weighted by Crippen LogP contribution is -2.49. The Hall–Kier alpha value is -2.36. The second-order valence-electron chi connectivity index (χ2n) is 8.64. The SMILES string of the molecule is CC[C@H](C)NC(=O)[C@H](C)N(Cc1ccccc1F)C(=O)CCCN(c1cc(Cl)ccc1Cl)S(C)(=O)=O. The number of nitrogens with zero attached hydrogens (tertiary/aromatic N) is 2. The molecule has 0 aliphatic rings. The quantitative estimate of drug-likeness (QED) is 0.396. The molecule has 0 unspecified atom stereocenters. The van der Waals surface area contributed by atoms with Gasteiger partial charge in [0.25, 0.3) is 0 Å². The fraction of sp³-hybridized carbons (Fsp3) is 0.440. The smallest absolute Gasteiger partial charge is 0.242 e. The minimum atomic E-state index is -3.72. The number of benzene rings is 2. The highest BCUT2D eigenvalue weighted by Gasteiger charge is 2.28. The molecule has 0 aromatic heterocycles. The van der Waals surface area contributed by atoms with Gasteiger partial charge in [-0.2, -0.15) is 0 Å². The first-order valence-corrected chi connectivity index (χ1v) is 14.2. The van der Waals surface area contributed by atoms with Crippen molar-refractivity contribution < 1.29 is 22.4 Å². The lowest BCUT2D eigenvalue weighted by molar-refractivity contribution is -0.141. The van der Waals surface area contributed by atoms with Crippen molar-refractivity contribution in [3.63, 3.8) is 0 Å². The van der Waals surface area contributed by atoms with Crippen molar-refractivity contribution in [3.05, 3.63) is 63.9 Å². The average molecular weight is 561 g/mol. The maximum Gasteiger partial charge on any atom is 0.242 e. The summed E-state index contributed by atoms with van der Waals surface area (Å²) in [6.45, 7) is 5.24. The number of hydrogen-bond donors (Lipinski definition) is 1. The van der Waals surface area contributed by atoms with Gasteiger partial charge >= 0.3 is 0 Å². The maximum atomic E-state index is 14.4. The Bertz CT molecular complexity index is 1180. The van der Waals surface area contributed by atoms with E-state index in [2.05, 4.69) is 5.32 Å². The minimum absolute atomic E-state index is 0.0361. The van der Waals surface area contributed by atoms with Gasteiger partial charge in [-0.05, 0) is 51.0 Å². The van der Waals surface area contributed by atoms with E-state index in [1.165, 1.54) is 23.1 Å². The van der Waals surface area contributed by atoms with E-state index in [4.69, 9.17) is 23.2 Å². The zero-order valence-electron chi connectivity index (χ0n) is 20.8. The van der Waals surface area contributed by atoms with Gasteiger partial charge in [-0.15, -0.1) is 0 Å². The molecule has 2 rings (SSSR count). The van der Waals surface area contributed by atoms with Crippen molar-refractivity contribution in [2.45, 2.75) is 58.7 Å². The van der Waals surface area contributed by atoms with Crippen LogP contribution >= 0.6 is 23.2 Å². The molecular formula is C25H32Cl2FN3O4S. The number of anilines is 1. The van der Waals surface area contributed by atoms with Crippen LogP contribution in [0.3, 0.4) is 0 Å². The molecule has 0 fully saturated rings. The van der Waals surface area contributed by atoms with Crippen LogP contribution in [0.15, 0.2) is 42.5 Å². The largest absolute Gasteiger partial charge is 0.352 e. The van der Waals surface area contributed by atoms with Gasteiger partial charge in [-0.1, -0.05) is 48.3 Å². The molecule has 0 spiro atoms. The van der Waals surface area contributed by atoms with E-state index >= 15 is 0 Å². The summed E-state index contributed by atoms with van der Waals surface area (Å²) < 4.78 is 40.3. The number of carbonyl (C=O) groups is 2. The fourth-order valence-corrected chi connectivity index (χ4v) is 4.92. The first-order valence-electron chi connectivity index (χ1n) is 11.6. The summed E-state index contributed by atoms with van der Waals surface area (Å²) in [5.41, 5.74) is 0.487. The van der Waals surface area contributed by atoms with Crippen LogP contribution in [-0.2, 0) is 26.2 Å². The van der Waals surface area contributed by atoms with E-state index in [1.807, 2.05) is 13.8 Å². The van der Waals surface area contributed by atoms with Crippen molar-refractivity contribution in [2.75, 3.05) is 17.1 Å². The average Bonchev–Trinajstić information content (AvgIpc) is 2.81. The van der Waals surface area contributed by atoms with E-state index in [9.17, 15) is 22.4 Å². The Morgan fingerprint density at radius 1 is 1.11 bits per heavy atom. The third kappa shape index (κ3) is 8.35. The van der Waals surface area contributed by atoms with E-state index in [1.54, 1.807) is 31.2 Å². The van der Waals surface area contributed by atoms with Crippen LogP contribution in [0.4, 0.5) is 10.1 Å². The molecule has 2 atom stereocenters. The Labute approximate surface area is 222 Å². The molecule has 0 saturated heterocycles. The topological polar surface area (TPSA) is 86.8 Å². The molecule has 0 bridgehead atoms. The third-order valence-electron chi connectivity index (χ3n) is 5.80. The van der Waals surface area contributed by atoms with Gasteiger partial charge in [0, 0.05) is 36.1 Å². The summed E-state index contributed by atoms with van der Waals surface area (Å²) >= 11 is 12.2. The fourth-order valence-electron chi connectivity index (χ4n) is 3.52. The Morgan fingerprint density at radius 2 is 1.78 bits per heavy atom. The second kappa shape index (κ2) is 13.3. The van der Waals surface area contributed by atoms with Crippen LogP contribution in [0.1, 0.15) is 45.6 Å². The zero-order chi connectivity index (χ0) is 27.0. The standard InChI is InChI=1S/C25H32Cl2FN3O4S/c1-5-17(2)29-25(33)18(3)30(16-19-9-6-7-10-22(19)28)24(32)11-8-14-31(36(4,34)35)23-15-20(26)12-13-21(23)27/h6-7,9-10,12-13,15,17-18H,5,8,11,14,16H2,1-4H3,(H,29,33)/t17-,18-/m0/s1. The van der Waals surface area contributed by atoms with Gasteiger partial charge in [0.15, 0.2) is 0 Å². The molecule has 11 heteroatoms. The molecule has 36 heavy (non-hydrogen) atoms. The molecule has 2 aromatic rings. The predicted octanol–water partition coefficient (Wildman–Crippen LogP) is 5.01. The van der Waals surface area contributed by atoms with Crippen LogP contribution < -0.4 is 9.62 Å². The van der Waals surface area contributed by atoms with E-state index in [0.29, 0.717) is 11.4 Å². The summed E-state index contributed by atoms with van der Waals surface area (Å²) in [7, 11) is -3.72. The van der Waals surface area contributed by atoms with E-state index in [0.717, 1.165) is 10.6 Å². The first-order chi connectivity index (χ1) is 16.8. The van der Waals surface area contributed by atoms with Gasteiger partial charge < -0.3 is 10.2 Å². The Kier molecular flexibility index (Phi) is 11.0. The van der Waals surface area contributed by atoms with Crippen LogP contribution in [-0.4, -0.2) is 50.0 Å². The maximum absolute atomic E-state index is 14.4. The second-order valence-corrected chi connectivity index (χ2v) is 11.4. The summed E-state index contributed by atoms with van der Waals surface area (Å²) in [5, 5.41) is 3.37. The van der Waals surface area contributed by atoms with E-state index in [-0.39, 0.29) is 54.2 Å². The van der Waals surface area contributed by atoms with Crippen molar-refractivity contribution >= 4 is 50.7 Å². The van der Waals surface area contributed by atoms with Crippen LogP contribution in [0.2, 0.25) is 10.0 Å². The summed E-state index contributed by atoms with van der Waals surface area (Å²) in [4.78, 5) is 27.4. The van der Waals surface area contributed by atoms with Crippen molar-refractivity contribution in [1.82, 2.24) is 10.2 Å². The predicted molar refractivity (Wildman–Crippen MR) is 142 cm³/mol. The number of rotatable bonds is 12. The van der Waals surface area contributed by atoms with Crippen LogP contribution in [0, 0.1) is 5.82 Å². The Morgan fingerprint density at radius 3 is 2.39 bits per heavy atom. The number of amides is 2. The molecule has 0 radical (unpaired) electrons. The molecule has 0 aliphatic heterocycles. The highest BCUT2D eigenvalue weighted by atomic mass is 35.5. The van der Waals surface area contributed by atoms with Gasteiger partial charge in [-0.3, -0.25) is 13.9 Å². The Balaban J connectivity index is 2.22. The molecule has 7 nitrogen and oxygen atoms in total. The highest BCUT2D eigenvalue weighted by Crippen LogP contribution is 2.31. The third-order valence-corrected chi connectivity index (χ3v) is 7.53. The van der Waals surface area contributed by atoms with Gasteiger partial charge in [0.2, 0.25) is 21.8 Å². The summed E-state index contributed by atoms with van der Waals surface area (Å²) in [5.74, 6) is -1.24. The normalized spacial score (nSPS) is 13.1. The molecule has 2 aromatic carbocycles. The number of hydrogen-bond acceptors (Lipinski definition) is 4. The molecule has 0 saturated carbocycles. The van der Waals surface area contributed by atoms with Gasteiger partial charge in [-0.25, -0.2) is 12.8 Å². The van der Waals surface area contributed by atoms with Crippen LogP contribution in [0.5, 0.6) is 0 Å². The number of halogens is 3. The van der Waals surface area contributed by atoms with Crippen molar-refractivity contribution in [2.24, 2.45) is 0 Å². The van der Waals surface area contributed by atoms with Crippen LogP contribution in [0.25, 0.3) is 0 Å². The lowest BCUT2D eigenvalue weighted by Gasteiger charge is -2.30. The lowest BCUT2D eigenvalue weighted by atomic mass is 10.1. The van der Waals surface area contributed by atoms with Crippen molar-refractivity contribution in [1.29, 1.82) is 0 Å². The highest BCUT2D eigenvalue weighted by molar-refractivity contribution is 7.92. The molecule has 0 aliphatic carbocycles. The molecule has 0 heterocycles. The molecule has 2 amide bonds. The molecular weight excluding hydrogens is 528 g/mol. The zero-order valence-corrected chi connectivity index (χ0v) is 23.1. The number of carbonyl (C=O) groups excluding carboxylic acids is 2. The summed E-state index contributed by atoms with van der Waals surface area (Å²) in [6.07, 6.45) is 1.83. The molecule has 1 N–H and O–H groups in total. The van der Waals surface area contributed by atoms with Gasteiger partial charge in [0.1, 0.15) is 11.9 Å². The minimum Gasteiger partial charge on any atom is -0.352 e. The van der Waals surface area contributed by atoms with Gasteiger partial charge in [0.05, 0.1) is 17.0 Å². The summed E-state index contributed by atoms with van der Waals surface area (Å²) in [6, 6.07) is 9.59. The first kappa shape index (κ1) is 29.9. The number of nitrogens with one attached hydrogen (secondary N) is 1. The van der Waals surface area contributed by atoms with E-state index < -0.39 is 27.8 Å². The monoisotopic (exact) mass is 559 g/mol.